The van der Waals surface area contributed by atoms with Crippen LogP contribution < -0.4 is 10.8 Å². The van der Waals surface area contributed by atoms with Gasteiger partial charge in [-0.05, 0) is 40.7 Å². The van der Waals surface area contributed by atoms with Crippen molar-refractivity contribution in [3.8, 4) is 0 Å². The molecule has 0 saturated heterocycles. The fourth-order valence-electron chi connectivity index (χ4n) is 2.87. The number of fused-ring (bicyclic) bond motifs is 1. The highest BCUT2D eigenvalue weighted by Crippen LogP contribution is 2.18. The van der Waals surface area contributed by atoms with Crippen LogP contribution in [-0.4, -0.2) is 36.0 Å². The molecule has 128 valence electrons. The molecule has 1 aliphatic heterocycles. The normalized spacial score (nSPS) is 13.0. The van der Waals surface area contributed by atoms with Gasteiger partial charge >= 0.3 is 7.12 Å². The summed E-state index contributed by atoms with van der Waals surface area (Å²) in [5.41, 5.74) is 3.82. The van der Waals surface area contributed by atoms with Crippen molar-refractivity contribution in [2.24, 2.45) is 0 Å². The highest BCUT2D eigenvalue weighted by Gasteiger charge is 2.18. The van der Waals surface area contributed by atoms with Gasteiger partial charge in [0.05, 0.1) is 13.2 Å². The summed E-state index contributed by atoms with van der Waals surface area (Å²) in [6.07, 6.45) is 1.40. The largest absolute Gasteiger partial charge is 0.489 e. The number of benzene rings is 2. The fourth-order valence-corrected chi connectivity index (χ4v) is 2.87. The van der Waals surface area contributed by atoms with Crippen molar-refractivity contribution >= 4 is 24.8 Å². The molecule has 0 unspecified atom stereocenters. The maximum Gasteiger partial charge on any atom is 0.489 e. The molecular weight excluding hydrogens is 321 g/mol. The minimum atomic E-state index is -1.75. The zero-order valence-electron chi connectivity index (χ0n) is 13.6. The third kappa shape index (κ3) is 3.96. The number of hydrogen-bond donors (Lipinski definition) is 3. The summed E-state index contributed by atoms with van der Waals surface area (Å²) in [7, 11) is -1.75. The second-order valence-corrected chi connectivity index (χ2v) is 5.92. The van der Waals surface area contributed by atoms with Gasteiger partial charge in [0.2, 0.25) is 0 Å². The molecular formula is C18H18BNO5. The van der Waals surface area contributed by atoms with Crippen molar-refractivity contribution in [2.45, 2.75) is 19.6 Å². The molecule has 25 heavy (non-hydrogen) atoms. The van der Waals surface area contributed by atoms with Crippen molar-refractivity contribution in [1.29, 1.82) is 0 Å². The van der Waals surface area contributed by atoms with Crippen LogP contribution in [0.4, 0.5) is 0 Å². The third-order valence-corrected chi connectivity index (χ3v) is 4.25. The van der Waals surface area contributed by atoms with Gasteiger partial charge in [-0.15, -0.1) is 0 Å². The van der Waals surface area contributed by atoms with E-state index in [2.05, 4.69) is 11.4 Å². The number of aldehydes is 1. The first-order valence-corrected chi connectivity index (χ1v) is 8.00. The molecule has 0 aromatic heterocycles. The second kappa shape index (κ2) is 7.61. The summed E-state index contributed by atoms with van der Waals surface area (Å²) in [6, 6.07) is 10.2. The van der Waals surface area contributed by atoms with Crippen LogP contribution in [0.1, 0.15) is 37.4 Å². The summed E-state index contributed by atoms with van der Waals surface area (Å²) >= 11 is 0. The number of hydrogen-bond acceptors (Lipinski definition) is 5. The molecule has 7 heteroatoms. The minimum Gasteiger partial charge on any atom is -0.423 e. The molecule has 0 atom stereocenters. The number of amides is 1. The van der Waals surface area contributed by atoms with E-state index in [1.165, 1.54) is 23.8 Å². The molecule has 1 heterocycles. The van der Waals surface area contributed by atoms with E-state index in [0.717, 1.165) is 24.2 Å². The molecule has 3 rings (SSSR count). The first-order valence-electron chi connectivity index (χ1n) is 8.00. The molecule has 0 radical (unpaired) electrons. The maximum atomic E-state index is 12.3. The Balaban J connectivity index is 1.69. The Morgan fingerprint density at radius 2 is 2.04 bits per heavy atom. The van der Waals surface area contributed by atoms with E-state index in [-0.39, 0.29) is 22.5 Å². The van der Waals surface area contributed by atoms with Crippen LogP contribution in [0, 0.1) is 0 Å². The van der Waals surface area contributed by atoms with Gasteiger partial charge in [0, 0.05) is 17.7 Å². The molecule has 0 spiro atoms. The average molecular weight is 339 g/mol. The smallest absolute Gasteiger partial charge is 0.423 e. The zero-order chi connectivity index (χ0) is 17.8. The number of nitrogens with one attached hydrogen (secondary N) is 1. The molecule has 6 nitrogen and oxygen atoms in total. The Morgan fingerprint density at radius 3 is 2.80 bits per heavy atom. The summed E-state index contributed by atoms with van der Waals surface area (Å²) in [5.74, 6) is -0.337. The van der Waals surface area contributed by atoms with E-state index >= 15 is 0 Å². The molecule has 1 amide bonds. The van der Waals surface area contributed by atoms with Crippen molar-refractivity contribution in [2.75, 3.05) is 6.61 Å². The predicted molar refractivity (Wildman–Crippen MR) is 92.6 cm³/mol. The maximum absolute atomic E-state index is 12.3. The average Bonchev–Trinajstić information content (AvgIpc) is 2.65. The third-order valence-electron chi connectivity index (χ3n) is 4.25. The Kier molecular flexibility index (Phi) is 5.28. The Hall–Kier alpha value is -2.48. The number of carbonyl (C=O) groups excluding carboxylic acids is 2. The van der Waals surface area contributed by atoms with Gasteiger partial charge in [0.15, 0.2) is 0 Å². The minimum absolute atomic E-state index is 0.0706. The second-order valence-electron chi connectivity index (χ2n) is 5.92. The fraction of sp³-hybridized carbons (Fsp3) is 0.222. The zero-order valence-corrected chi connectivity index (χ0v) is 13.6. The van der Waals surface area contributed by atoms with E-state index in [1.807, 2.05) is 12.1 Å². The van der Waals surface area contributed by atoms with Gasteiger partial charge < -0.3 is 20.1 Å². The SMILES string of the molecule is O=Cc1cc(C(=O)NCc2ccc3c(c2)COCC3)ccc1B(O)O. The van der Waals surface area contributed by atoms with Crippen molar-refractivity contribution in [1.82, 2.24) is 5.32 Å². The van der Waals surface area contributed by atoms with Gasteiger partial charge in [-0.25, -0.2) is 0 Å². The van der Waals surface area contributed by atoms with Crippen LogP contribution in [0.2, 0.25) is 0 Å². The van der Waals surface area contributed by atoms with Crippen LogP contribution in [0.25, 0.3) is 0 Å². The van der Waals surface area contributed by atoms with Crippen LogP contribution in [-0.2, 0) is 24.3 Å². The van der Waals surface area contributed by atoms with Gasteiger partial charge in [-0.1, -0.05) is 24.3 Å². The lowest BCUT2D eigenvalue weighted by Crippen LogP contribution is -2.33. The number of rotatable bonds is 5. The van der Waals surface area contributed by atoms with E-state index in [1.54, 1.807) is 0 Å². The molecule has 2 aromatic carbocycles. The van der Waals surface area contributed by atoms with Crippen LogP contribution in [0.3, 0.4) is 0 Å². The van der Waals surface area contributed by atoms with Crippen LogP contribution in [0.5, 0.6) is 0 Å². The summed E-state index contributed by atoms with van der Waals surface area (Å²) < 4.78 is 5.44. The lowest BCUT2D eigenvalue weighted by atomic mass is 9.77. The van der Waals surface area contributed by atoms with Crippen molar-refractivity contribution in [3.63, 3.8) is 0 Å². The molecule has 0 saturated carbocycles. The van der Waals surface area contributed by atoms with Crippen molar-refractivity contribution < 1.29 is 24.4 Å². The van der Waals surface area contributed by atoms with E-state index < -0.39 is 7.12 Å². The first kappa shape index (κ1) is 17.4. The molecule has 1 aliphatic rings. The number of carbonyl (C=O) groups is 2. The van der Waals surface area contributed by atoms with Gasteiger partial charge in [-0.3, -0.25) is 9.59 Å². The summed E-state index contributed by atoms with van der Waals surface area (Å²) in [5, 5.41) is 21.2. The molecule has 3 N–H and O–H groups in total. The molecule has 0 aliphatic carbocycles. The summed E-state index contributed by atoms with van der Waals surface area (Å²) in [4.78, 5) is 23.3. The topological polar surface area (TPSA) is 95.9 Å². The molecule has 0 fully saturated rings. The Bertz CT molecular complexity index is 806. The number of ether oxygens (including phenoxy) is 1. The standard InChI is InChI=1S/C18H18BNO5/c21-10-15-8-14(3-4-17(15)19(23)24)18(22)20-9-12-1-2-13-5-6-25-11-16(13)7-12/h1-4,7-8,10,23-24H,5-6,9,11H2,(H,20,22). The van der Waals surface area contributed by atoms with Gasteiger partial charge in [0.25, 0.3) is 5.91 Å². The highest BCUT2D eigenvalue weighted by molar-refractivity contribution is 6.60. The Morgan fingerprint density at radius 1 is 1.20 bits per heavy atom. The highest BCUT2D eigenvalue weighted by atomic mass is 16.5. The van der Waals surface area contributed by atoms with Gasteiger partial charge in [-0.2, -0.15) is 0 Å². The van der Waals surface area contributed by atoms with Crippen molar-refractivity contribution in [3.05, 3.63) is 64.2 Å². The summed E-state index contributed by atoms with van der Waals surface area (Å²) in [6.45, 7) is 1.68. The van der Waals surface area contributed by atoms with Crippen LogP contribution >= 0.6 is 0 Å². The van der Waals surface area contributed by atoms with E-state index in [0.29, 0.717) is 19.4 Å². The lowest BCUT2D eigenvalue weighted by Gasteiger charge is -2.17. The Labute approximate surface area is 145 Å². The predicted octanol–water partition coefficient (Wildman–Crippen LogP) is 0.182. The molecule has 2 aromatic rings. The lowest BCUT2D eigenvalue weighted by molar-refractivity contribution is 0.0950. The molecule has 0 bridgehead atoms. The van der Waals surface area contributed by atoms with E-state index in [9.17, 15) is 19.6 Å². The van der Waals surface area contributed by atoms with Gasteiger partial charge in [0.1, 0.15) is 6.29 Å². The van der Waals surface area contributed by atoms with Crippen LogP contribution in [0.15, 0.2) is 36.4 Å². The first-order chi connectivity index (χ1) is 12.1. The quantitative estimate of drug-likeness (QED) is 0.534. The monoisotopic (exact) mass is 339 g/mol. The van der Waals surface area contributed by atoms with E-state index in [4.69, 9.17) is 4.74 Å².